The summed E-state index contributed by atoms with van der Waals surface area (Å²) in [7, 11) is 0. The van der Waals surface area contributed by atoms with Crippen LogP contribution in [0, 0.1) is 11.6 Å². The summed E-state index contributed by atoms with van der Waals surface area (Å²) in [6.07, 6.45) is -2.56. The summed E-state index contributed by atoms with van der Waals surface area (Å²) in [5, 5.41) is 10.9. The van der Waals surface area contributed by atoms with Crippen LogP contribution in [0.5, 0.6) is 5.75 Å². The van der Waals surface area contributed by atoms with Crippen LogP contribution >= 0.6 is 22.9 Å². The standard InChI is InChI=1S/C24H13ClF5N3O3S/c25-14-4-3-11-17-21(37-19(11)18(14)34)32-20(13-6-16(27)15(26)5-12(13)9-1-2-9)33(22(17)35)8-10-7-31-23(36-10)24(28,29)30/h3-7,9,34H,1-2,8H2. The van der Waals surface area contributed by atoms with Crippen LogP contribution in [0.4, 0.5) is 22.0 Å². The van der Waals surface area contributed by atoms with E-state index in [1.54, 1.807) is 0 Å². The Morgan fingerprint density at radius 2 is 1.92 bits per heavy atom. The van der Waals surface area contributed by atoms with E-state index in [0.29, 0.717) is 10.9 Å². The normalized spacial score (nSPS) is 14.2. The minimum atomic E-state index is -4.84. The molecule has 0 spiro atoms. The van der Waals surface area contributed by atoms with Crippen molar-refractivity contribution in [1.29, 1.82) is 0 Å². The molecule has 0 bridgehead atoms. The van der Waals surface area contributed by atoms with E-state index in [0.717, 1.165) is 47.1 Å². The molecular formula is C24H13ClF5N3O3S. The Balaban J connectivity index is 1.65. The number of aromatic hydroxyl groups is 1. The minimum Gasteiger partial charge on any atom is -0.505 e. The topological polar surface area (TPSA) is 81.2 Å². The second-order valence-corrected chi connectivity index (χ2v) is 10.0. The molecule has 6 nitrogen and oxygen atoms in total. The summed E-state index contributed by atoms with van der Waals surface area (Å²) in [5.74, 6) is -4.44. The van der Waals surface area contributed by atoms with E-state index >= 15 is 0 Å². The van der Waals surface area contributed by atoms with Crippen LogP contribution in [-0.4, -0.2) is 19.6 Å². The maximum Gasteiger partial charge on any atom is 0.468 e. The number of alkyl halides is 3. The average Bonchev–Trinajstić information content (AvgIpc) is 3.44. The molecule has 1 fully saturated rings. The van der Waals surface area contributed by atoms with Crippen LogP contribution in [0.15, 0.2) is 39.7 Å². The Morgan fingerprint density at radius 1 is 1.19 bits per heavy atom. The largest absolute Gasteiger partial charge is 0.505 e. The Kier molecular flexibility index (Phi) is 5.32. The molecule has 0 atom stereocenters. The summed E-state index contributed by atoms with van der Waals surface area (Å²) in [6, 6.07) is 4.90. The number of rotatable bonds is 4. The molecule has 0 amide bonds. The lowest BCUT2D eigenvalue weighted by Crippen LogP contribution is -2.24. The van der Waals surface area contributed by atoms with Crippen LogP contribution in [0.25, 0.3) is 31.7 Å². The van der Waals surface area contributed by atoms with E-state index in [4.69, 9.17) is 16.0 Å². The Morgan fingerprint density at radius 3 is 2.59 bits per heavy atom. The number of oxazole rings is 1. The zero-order valence-corrected chi connectivity index (χ0v) is 19.9. The number of nitrogens with zero attached hydrogens (tertiary/aromatic N) is 3. The monoisotopic (exact) mass is 553 g/mol. The second kappa shape index (κ2) is 8.25. The third-order valence-corrected chi connectivity index (χ3v) is 7.56. The van der Waals surface area contributed by atoms with Gasteiger partial charge in [0, 0.05) is 10.9 Å². The molecule has 37 heavy (non-hydrogen) atoms. The van der Waals surface area contributed by atoms with Crippen molar-refractivity contribution < 1.29 is 31.5 Å². The zero-order valence-electron chi connectivity index (χ0n) is 18.4. The van der Waals surface area contributed by atoms with Crippen LogP contribution in [0.1, 0.15) is 36.0 Å². The number of phenolic OH excluding ortho intramolecular Hbond substituents is 1. The van der Waals surface area contributed by atoms with Gasteiger partial charge in [0.05, 0.1) is 27.9 Å². The fourth-order valence-corrected chi connectivity index (χ4v) is 5.62. The maximum atomic E-state index is 14.4. The van der Waals surface area contributed by atoms with E-state index in [1.807, 2.05) is 0 Å². The first-order chi connectivity index (χ1) is 17.5. The number of aromatic nitrogens is 3. The Labute approximate surface area is 212 Å². The van der Waals surface area contributed by atoms with Crippen molar-refractivity contribution in [2.75, 3.05) is 0 Å². The lowest BCUT2D eigenvalue weighted by Gasteiger charge is -2.15. The highest BCUT2D eigenvalue weighted by Gasteiger charge is 2.37. The average molecular weight is 554 g/mol. The lowest BCUT2D eigenvalue weighted by atomic mass is 10.0. The molecular weight excluding hydrogens is 541 g/mol. The molecule has 13 heteroatoms. The number of hydrogen-bond donors (Lipinski definition) is 1. The van der Waals surface area contributed by atoms with Crippen LogP contribution < -0.4 is 5.56 Å². The summed E-state index contributed by atoms with van der Waals surface area (Å²) in [5.41, 5.74) is -0.112. The third kappa shape index (κ3) is 3.95. The van der Waals surface area contributed by atoms with Gasteiger partial charge in [-0.1, -0.05) is 17.7 Å². The minimum absolute atomic E-state index is 0.0533. The van der Waals surface area contributed by atoms with Crippen molar-refractivity contribution in [3.05, 3.63) is 74.7 Å². The van der Waals surface area contributed by atoms with Crippen molar-refractivity contribution in [2.24, 2.45) is 0 Å². The molecule has 1 aliphatic rings. The van der Waals surface area contributed by atoms with Gasteiger partial charge >= 0.3 is 12.1 Å². The predicted octanol–water partition coefficient (Wildman–Crippen LogP) is 6.85. The first kappa shape index (κ1) is 23.9. The van der Waals surface area contributed by atoms with Crippen molar-refractivity contribution in [1.82, 2.24) is 14.5 Å². The molecule has 0 radical (unpaired) electrons. The Hall–Kier alpha value is -3.51. The molecule has 0 unspecified atom stereocenters. The molecule has 190 valence electrons. The highest BCUT2D eigenvalue weighted by Crippen LogP contribution is 2.46. The van der Waals surface area contributed by atoms with Crippen molar-refractivity contribution in [3.8, 4) is 17.1 Å². The summed E-state index contributed by atoms with van der Waals surface area (Å²) in [6.45, 7) is -0.514. The smallest absolute Gasteiger partial charge is 0.468 e. The molecule has 3 aromatic heterocycles. The highest BCUT2D eigenvalue weighted by atomic mass is 35.5. The number of halogens is 6. The van der Waals surface area contributed by atoms with Gasteiger partial charge in [-0.25, -0.2) is 18.7 Å². The van der Waals surface area contributed by atoms with Crippen molar-refractivity contribution >= 4 is 43.2 Å². The molecule has 6 rings (SSSR count). The maximum absolute atomic E-state index is 14.4. The van der Waals surface area contributed by atoms with Crippen molar-refractivity contribution in [3.63, 3.8) is 0 Å². The highest BCUT2D eigenvalue weighted by molar-refractivity contribution is 7.25. The van der Waals surface area contributed by atoms with Gasteiger partial charge in [0.15, 0.2) is 17.4 Å². The fourth-order valence-electron chi connectivity index (χ4n) is 4.29. The van der Waals surface area contributed by atoms with E-state index in [9.17, 15) is 31.9 Å². The first-order valence-corrected chi connectivity index (χ1v) is 12.1. The SMILES string of the molecule is O=c1c2c(nc(-c3cc(F)c(F)cc3C3CC3)n1Cc1cnc(C(F)(F)F)o1)sc1c(O)c(Cl)ccc12. The van der Waals surface area contributed by atoms with Gasteiger partial charge in [-0.15, -0.1) is 11.3 Å². The molecule has 0 aliphatic heterocycles. The number of phenols is 1. The van der Waals surface area contributed by atoms with Gasteiger partial charge < -0.3 is 9.52 Å². The third-order valence-electron chi connectivity index (χ3n) is 6.15. The van der Waals surface area contributed by atoms with Gasteiger partial charge in [0.2, 0.25) is 0 Å². The molecule has 2 aromatic carbocycles. The number of benzene rings is 2. The summed E-state index contributed by atoms with van der Waals surface area (Å²) >= 11 is 6.99. The van der Waals surface area contributed by atoms with Crippen LogP contribution in [0.3, 0.4) is 0 Å². The molecule has 1 aliphatic carbocycles. The van der Waals surface area contributed by atoms with Gasteiger partial charge in [-0.2, -0.15) is 13.2 Å². The van der Waals surface area contributed by atoms with Gasteiger partial charge in [-0.3, -0.25) is 9.36 Å². The first-order valence-electron chi connectivity index (χ1n) is 10.9. The molecule has 1 saturated carbocycles. The fraction of sp³-hybridized carbons (Fsp3) is 0.208. The van der Waals surface area contributed by atoms with E-state index in [-0.39, 0.29) is 48.8 Å². The summed E-state index contributed by atoms with van der Waals surface area (Å²) < 4.78 is 73.9. The second-order valence-electron chi connectivity index (χ2n) is 8.64. The van der Waals surface area contributed by atoms with E-state index in [2.05, 4.69) is 9.97 Å². The van der Waals surface area contributed by atoms with Gasteiger partial charge in [0.25, 0.3) is 5.56 Å². The molecule has 3 heterocycles. The quantitative estimate of drug-likeness (QED) is 0.246. The van der Waals surface area contributed by atoms with Crippen molar-refractivity contribution in [2.45, 2.75) is 31.5 Å². The summed E-state index contributed by atoms with van der Waals surface area (Å²) in [4.78, 5) is 21.8. The Bertz CT molecular complexity index is 1790. The lowest BCUT2D eigenvalue weighted by molar-refractivity contribution is -0.157. The molecule has 5 aromatic rings. The van der Waals surface area contributed by atoms with Gasteiger partial charge in [-0.05, 0) is 42.5 Å². The molecule has 1 N–H and O–H groups in total. The zero-order chi connectivity index (χ0) is 26.2. The number of hydrogen-bond acceptors (Lipinski definition) is 6. The van der Waals surface area contributed by atoms with Gasteiger partial charge in [0.1, 0.15) is 16.4 Å². The van der Waals surface area contributed by atoms with Crippen LogP contribution in [0.2, 0.25) is 5.02 Å². The van der Waals surface area contributed by atoms with E-state index in [1.165, 1.54) is 12.1 Å². The number of fused-ring (bicyclic) bond motifs is 3. The van der Waals surface area contributed by atoms with E-state index < -0.39 is 35.8 Å². The predicted molar refractivity (Wildman–Crippen MR) is 126 cm³/mol. The molecule has 0 saturated heterocycles. The van der Waals surface area contributed by atoms with Crippen LogP contribution in [-0.2, 0) is 12.7 Å². The number of thiophene rings is 1.